The summed E-state index contributed by atoms with van der Waals surface area (Å²) < 4.78 is 25.6. The van der Waals surface area contributed by atoms with Gasteiger partial charge in [-0.15, -0.1) is 0 Å². The summed E-state index contributed by atoms with van der Waals surface area (Å²) in [4.78, 5) is 12.6. The maximum Gasteiger partial charge on any atom is 0.243 e. The lowest BCUT2D eigenvalue weighted by molar-refractivity contribution is -0.122. The monoisotopic (exact) mass is 374 g/mol. The van der Waals surface area contributed by atoms with Crippen molar-refractivity contribution in [2.24, 2.45) is 0 Å². The van der Waals surface area contributed by atoms with Crippen molar-refractivity contribution in [3.63, 3.8) is 0 Å². The highest BCUT2D eigenvalue weighted by Gasteiger charge is 2.29. The van der Waals surface area contributed by atoms with Gasteiger partial charge in [-0.3, -0.25) is 9.10 Å². The molecule has 0 radical (unpaired) electrons. The first-order valence-corrected chi connectivity index (χ1v) is 10.5. The van der Waals surface area contributed by atoms with Crippen molar-refractivity contribution in [1.82, 2.24) is 5.32 Å². The van der Waals surface area contributed by atoms with Crippen molar-refractivity contribution < 1.29 is 13.2 Å². The van der Waals surface area contributed by atoms with Gasteiger partial charge in [-0.05, 0) is 44.4 Å². The minimum Gasteiger partial charge on any atom is -0.352 e. The van der Waals surface area contributed by atoms with Crippen LogP contribution in [0.4, 0.5) is 5.69 Å². The Kier molecular flexibility index (Phi) is 6.80. The van der Waals surface area contributed by atoms with Crippen LogP contribution in [0.1, 0.15) is 25.8 Å². The smallest absolute Gasteiger partial charge is 0.243 e. The van der Waals surface area contributed by atoms with Gasteiger partial charge in [-0.1, -0.05) is 48.5 Å². The molecule has 2 aromatic rings. The molecular formula is C20H26N2O3S. The minimum atomic E-state index is -3.58. The highest BCUT2D eigenvalue weighted by molar-refractivity contribution is 7.92. The number of hydrogen-bond acceptors (Lipinski definition) is 3. The van der Waals surface area contributed by atoms with Gasteiger partial charge in [-0.2, -0.15) is 0 Å². The van der Waals surface area contributed by atoms with Gasteiger partial charge in [0.2, 0.25) is 15.9 Å². The zero-order valence-corrected chi connectivity index (χ0v) is 16.2. The molecule has 26 heavy (non-hydrogen) atoms. The lowest BCUT2D eigenvalue weighted by atomic mass is 10.1. The molecule has 1 N–H and O–H groups in total. The van der Waals surface area contributed by atoms with Gasteiger partial charge in [0.1, 0.15) is 6.04 Å². The molecule has 2 rings (SSSR count). The van der Waals surface area contributed by atoms with Crippen LogP contribution >= 0.6 is 0 Å². The predicted octanol–water partition coefficient (Wildman–Crippen LogP) is 2.98. The number of anilines is 1. The van der Waals surface area contributed by atoms with Crippen LogP contribution in [0.25, 0.3) is 0 Å². The summed E-state index contributed by atoms with van der Waals surface area (Å²) in [6.45, 7) is 3.54. The van der Waals surface area contributed by atoms with E-state index in [1.807, 2.05) is 25.1 Å². The van der Waals surface area contributed by atoms with Crippen LogP contribution in [0.3, 0.4) is 0 Å². The van der Waals surface area contributed by atoms with Crippen LogP contribution in [-0.4, -0.2) is 32.7 Å². The summed E-state index contributed by atoms with van der Waals surface area (Å²) in [5.41, 5.74) is 1.69. The van der Waals surface area contributed by atoms with Crippen LogP contribution in [0, 0.1) is 0 Å². The summed E-state index contributed by atoms with van der Waals surface area (Å²) in [6.07, 6.45) is 2.75. The Bertz CT molecular complexity index is 807. The van der Waals surface area contributed by atoms with Gasteiger partial charge in [0.15, 0.2) is 0 Å². The summed E-state index contributed by atoms with van der Waals surface area (Å²) in [7, 11) is -3.58. The molecule has 5 nitrogen and oxygen atoms in total. The summed E-state index contributed by atoms with van der Waals surface area (Å²) in [5, 5.41) is 2.93. The Hall–Kier alpha value is -2.34. The molecule has 2 aromatic carbocycles. The Balaban J connectivity index is 2.02. The first-order chi connectivity index (χ1) is 12.3. The second kappa shape index (κ2) is 8.85. The molecule has 0 aromatic heterocycles. The quantitative estimate of drug-likeness (QED) is 0.772. The molecule has 0 aliphatic rings. The molecule has 1 amide bonds. The summed E-state index contributed by atoms with van der Waals surface area (Å²) >= 11 is 0. The number of para-hydroxylation sites is 1. The van der Waals surface area contributed by atoms with Gasteiger partial charge in [-0.25, -0.2) is 8.42 Å². The van der Waals surface area contributed by atoms with E-state index >= 15 is 0 Å². The van der Waals surface area contributed by atoms with E-state index < -0.39 is 16.1 Å². The molecule has 2 atom stereocenters. The topological polar surface area (TPSA) is 66.5 Å². The Morgan fingerprint density at radius 2 is 1.54 bits per heavy atom. The molecule has 0 aliphatic heterocycles. The number of carbonyl (C=O) groups is 1. The second-order valence-electron chi connectivity index (χ2n) is 6.50. The lowest BCUT2D eigenvalue weighted by Gasteiger charge is -2.29. The number of carbonyl (C=O) groups excluding carboxylic acids is 1. The van der Waals surface area contributed by atoms with Crippen molar-refractivity contribution in [3.05, 3.63) is 66.2 Å². The minimum absolute atomic E-state index is 0.0534. The molecule has 0 saturated carbocycles. The average molecular weight is 375 g/mol. The fourth-order valence-corrected chi connectivity index (χ4v) is 4.02. The van der Waals surface area contributed by atoms with Gasteiger partial charge in [0, 0.05) is 6.04 Å². The maximum atomic E-state index is 12.6. The number of rotatable bonds is 8. The molecule has 6 heteroatoms. The number of nitrogens with zero attached hydrogens (tertiary/aromatic N) is 1. The summed E-state index contributed by atoms with van der Waals surface area (Å²) in [6, 6.07) is 17.9. The third kappa shape index (κ3) is 5.59. The standard InChI is InChI=1S/C20H26N2O3S/c1-16(14-15-18-10-6-4-7-11-18)21-20(23)17(2)22(26(3,24)25)19-12-8-5-9-13-19/h4-13,16-17H,14-15H2,1-3H3,(H,21,23)/t16-,17+/m0/s1. The molecule has 0 saturated heterocycles. The maximum absolute atomic E-state index is 12.6. The van der Waals surface area contributed by atoms with E-state index in [2.05, 4.69) is 17.4 Å². The highest BCUT2D eigenvalue weighted by atomic mass is 32.2. The number of benzene rings is 2. The predicted molar refractivity (Wildman–Crippen MR) is 106 cm³/mol. The first kappa shape index (κ1) is 20.0. The Labute approximate surface area is 156 Å². The van der Waals surface area contributed by atoms with Crippen molar-refractivity contribution in [2.75, 3.05) is 10.6 Å². The van der Waals surface area contributed by atoms with E-state index in [4.69, 9.17) is 0 Å². The molecule has 0 unspecified atom stereocenters. The normalized spacial score (nSPS) is 13.7. The highest BCUT2D eigenvalue weighted by Crippen LogP contribution is 2.20. The number of hydrogen-bond donors (Lipinski definition) is 1. The molecule has 0 bridgehead atoms. The van der Waals surface area contributed by atoms with Crippen LogP contribution in [0.5, 0.6) is 0 Å². The van der Waals surface area contributed by atoms with E-state index in [9.17, 15) is 13.2 Å². The van der Waals surface area contributed by atoms with E-state index in [-0.39, 0.29) is 11.9 Å². The van der Waals surface area contributed by atoms with Crippen molar-refractivity contribution in [1.29, 1.82) is 0 Å². The molecular weight excluding hydrogens is 348 g/mol. The third-order valence-corrected chi connectivity index (χ3v) is 5.44. The van der Waals surface area contributed by atoms with E-state index in [0.717, 1.165) is 23.4 Å². The van der Waals surface area contributed by atoms with Crippen LogP contribution in [-0.2, 0) is 21.2 Å². The SMILES string of the molecule is C[C@H](C(=O)N[C@@H](C)CCc1ccccc1)N(c1ccccc1)S(C)(=O)=O. The van der Waals surface area contributed by atoms with Crippen molar-refractivity contribution in [2.45, 2.75) is 38.8 Å². The Morgan fingerprint density at radius 3 is 2.08 bits per heavy atom. The molecule has 0 spiro atoms. The van der Waals surface area contributed by atoms with Crippen LogP contribution in [0.2, 0.25) is 0 Å². The summed E-state index contributed by atoms with van der Waals surface area (Å²) in [5.74, 6) is -0.306. The largest absolute Gasteiger partial charge is 0.352 e. The molecule has 0 heterocycles. The number of amides is 1. The zero-order chi connectivity index (χ0) is 19.2. The van der Waals surface area contributed by atoms with E-state index in [1.54, 1.807) is 37.3 Å². The lowest BCUT2D eigenvalue weighted by Crippen LogP contribution is -2.49. The van der Waals surface area contributed by atoms with Crippen molar-refractivity contribution in [3.8, 4) is 0 Å². The van der Waals surface area contributed by atoms with E-state index in [1.165, 1.54) is 5.56 Å². The second-order valence-corrected chi connectivity index (χ2v) is 8.36. The van der Waals surface area contributed by atoms with Gasteiger partial charge in [0.25, 0.3) is 0 Å². The Morgan fingerprint density at radius 1 is 1.00 bits per heavy atom. The first-order valence-electron chi connectivity index (χ1n) is 8.68. The van der Waals surface area contributed by atoms with Gasteiger partial charge >= 0.3 is 0 Å². The zero-order valence-electron chi connectivity index (χ0n) is 15.4. The number of nitrogens with one attached hydrogen (secondary N) is 1. The molecule has 140 valence electrons. The third-order valence-electron chi connectivity index (χ3n) is 4.20. The van der Waals surface area contributed by atoms with E-state index in [0.29, 0.717) is 5.69 Å². The number of sulfonamides is 1. The van der Waals surface area contributed by atoms with Crippen LogP contribution < -0.4 is 9.62 Å². The molecule has 0 aliphatic carbocycles. The van der Waals surface area contributed by atoms with Gasteiger partial charge < -0.3 is 5.32 Å². The fourth-order valence-electron chi connectivity index (χ4n) is 2.85. The van der Waals surface area contributed by atoms with Gasteiger partial charge in [0.05, 0.1) is 11.9 Å². The average Bonchev–Trinajstić information content (AvgIpc) is 2.60. The van der Waals surface area contributed by atoms with Crippen LogP contribution in [0.15, 0.2) is 60.7 Å². The fraction of sp³-hybridized carbons (Fsp3) is 0.350. The van der Waals surface area contributed by atoms with Crippen molar-refractivity contribution >= 4 is 21.6 Å². The number of aryl methyl sites for hydroxylation is 1. The molecule has 0 fully saturated rings.